The largest absolute Gasteiger partial charge is 0.489 e. The van der Waals surface area contributed by atoms with Crippen molar-refractivity contribution in [2.24, 2.45) is 5.92 Å². The quantitative estimate of drug-likeness (QED) is 0.710. The monoisotopic (exact) mass is 344 g/mol. The summed E-state index contributed by atoms with van der Waals surface area (Å²) in [5.41, 5.74) is 0.352. The van der Waals surface area contributed by atoms with Crippen molar-refractivity contribution in [2.75, 3.05) is 32.8 Å². The first-order valence-corrected chi connectivity index (χ1v) is 9.15. The summed E-state index contributed by atoms with van der Waals surface area (Å²) in [6.45, 7) is 6.42. The highest BCUT2D eigenvalue weighted by Gasteiger charge is 2.37. The molecule has 1 aromatic rings. The minimum absolute atomic E-state index is 0.00612. The number of piperidine rings is 1. The first-order valence-electron chi connectivity index (χ1n) is 9.15. The van der Waals surface area contributed by atoms with Gasteiger partial charge in [0, 0.05) is 18.6 Å². The van der Waals surface area contributed by atoms with Crippen molar-refractivity contribution < 1.29 is 14.6 Å². The number of benzene rings is 1. The number of nitrogens with one attached hydrogen (secondary N) is 1. The van der Waals surface area contributed by atoms with Crippen molar-refractivity contribution in [3.63, 3.8) is 0 Å². The Morgan fingerprint density at radius 2 is 2.08 bits per heavy atom. The number of nitrogens with zero attached hydrogens (tertiary/aromatic N) is 1. The molecule has 5 heteroatoms. The Labute approximate surface area is 149 Å². The molecule has 25 heavy (non-hydrogen) atoms. The van der Waals surface area contributed by atoms with Gasteiger partial charge in [0.2, 0.25) is 0 Å². The molecule has 1 aliphatic carbocycles. The summed E-state index contributed by atoms with van der Waals surface area (Å²) in [6, 6.07) is 7.34. The Balaban J connectivity index is 1.61. The van der Waals surface area contributed by atoms with Gasteiger partial charge < -0.3 is 20.1 Å². The van der Waals surface area contributed by atoms with Gasteiger partial charge in [-0.25, -0.2) is 0 Å². The van der Waals surface area contributed by atoms with Gasteiger partial charge in [0.25, 0.3) is 5.91 Å². The summed E-state index contributed by atoms with van der Waals surface area (Å²) in [4.78, 5) is 14.8. The molecule has 0 aromatic heterocycles. The molecule has 2 fully saturated rings. The van der Waals surface area contributed by atoms with Gasteiger partial charge in [-0.1, -0.05) is 24.8 Å². The van der Waals surface area contributed by atoms with E-state index in [4.69, 9.17) is 4.74 Å². The average Bonchev–Trinajstić information content (AvgIpc) is 3.49. The SMILES string of the molecule is C=CCOc1ccccc1C(=O)N1CCC(CO)(NCC2CC2)CC1. The van der Waals surface area contributed by atoms with Crippen LogP contribution in [-0.2, 0) is 0 Å². The lowest BCUT2D eigenvalue weighted by Gasteiger charge is -2.41. The van der Waals surface area contributed by atoms with Crippen LogP contribution < -0.4 is 10.1 Å². The normalized spacial score (nSPS) is 19.5. The molecule has 1 heterocycles. The fourth-order valence-electron chi connectivity index (χ4n) is 3.30. The van der Waals surface area contributed by atoms with Gasteiger partial charge in [-0.2, -0.15) is 0 Å². The third-order valence-corrected chi connectivity index (χ3v) is 5.25. The molecule has 0 spiro atoms. The van der Waals surface area contributed by atoms with E-state index in [1.54, 1.807) is 12.1 Å². The van der Waals surface area contributed by atoms with Crippen LogP contribution in [0.4, 0.5) is 0 Å². The number of hydrogen-bond donors (Lipinski definition) is 2. The molecule has 0 unspecified atom stereocenters. The Bertz CT molecular complexity index is 605. The van der Waals surface area contributed by atoms with Crippen LogP contribution in [0.25, 0.3) is 0 Å². The number of carbonyl (C=O) groups is 1. The fraction of sp³-hybridized carbons (Fsp3) is 0.550. The maximum absolute atomic E-state index is 12.9. The minimum Gasteiger partial charge on any atom is -0.489 e. The molecule has 0 bridgehead atoms. The van der Waals surface area contributed by atoms with Crippen LogP contribution in [0.1, 0.15) is 36.0 Å². The third-order valence-electron chi connectivity index (χ3n) is 5.25. The number of ether oxygens (including phenoxy) is 1. The van der Waals surface area contributed by atoms with Gasteiger partial charge in [0.1, 0.15) is 12.4 Å². The molecular formula is C20H28N2O3. The summed E-state index contributed by atoms with van der Waals surface area (Å²) < 4.78 is 5.61. The molecule has 136 valence electrons. The van der Waals surface area contributed by atoms with Gasteiger partial charge >= 0.3 is 0 Å². The molecule has 3 rings (SSSR count). The topological polar surface area (TPSA) is 61.8 Å². The molecule has 0 atom stereocenters. The van der Waals surface area contributed by atoms with Crippen LogP contribution in [-0.4, -0.2) is 54.3 Å². The maximum atomic E-state index is 12.9. The summed E-state index contributed by atoms with van der Waals surface area (Å²) in [5, 5.41) is 13.4. The first kappa shape index (κ1) is 18.0. The number of aliphatic hydroxyl groups is 1. The standard InChI is InChI=1S/C20H28N2O3/c1-2-13-25-18-6-4-3-5-17(18)19(24)22-11-9-20(15-23,10-12-22)21-14-16-7-8-16/h2-6,16,21,23H,1,7-15H2. The molecular weight excluding hydrogens is 316 g/mol. The Hall–Kier alpha value is -1.85. The van der Waals surface area contributed by atoms with Crippen LogP contribution in [0, 0.1) is 5.92 Å². The first-order chi connectivity index (χ1) is 12.2. The van der Waals surface area contributed by atoms with E-state index in [1.807, 2.05) is 23.1 Å². The minimum atomic E-state index is -0.238. The third kappa shape index (κ3) is 4.41. The van der Waals surface area contributed by atoms with Gasteiger partial charge in [-0.15, -0.1) is 0 Å². The predicted molar refractivity (Wildman–Crippen MR) is 97.8 cm³/mol. The van der Waals surface area contributed by atoms with Crippen LogP contribution >= 0.6 is 0 Å². The number of carbonyl (C=O) groups excluding carboxylic acids is 1. The smallest absolute Gasteiger partial charge is 0.257 e. The van der Waals surface area contributed by atoms with E-state index in [9.17, 15) is 9.90 Å². The molecule has 0 radical (unpaired) electrons. The Kier molecular flexibility index (Phi) is 5.76. The van der Waals surface area contributed by atoms with Crippen LogP contribution in [0.2, 0.25) is 0 Å². The molecule has 1 saturated heterocycles. The van der Waals surface area contributed by atoms with Crippen molar-refractivity contribution in [3.8, 4) is 5.75 Å². The number of aliphatic hydroxyl groups excluding tert-OH is 1. The van der Waals surface area contributed by atoms with E-state index < -0.39 is 0 Å². The average molecular weight is 344 g/mol. The molecule has 1 saturated carbocycles. The Morgan fingerprint density at radius 3 is 2.72 bits per heavy atom. The lowest BCUT2D eigenvalue weighted by molar-refractivity contribution is 0.0526. The second-order valence-electron chi connectivity index (χ2n) is 7.15. The zero-order valence-electron chi connectivity index (χ0n) is 14.7. The number of amides is 1. The van der Waals surface area contributed by atoms with Gasteiger partial charge in [-0.05, 0) is 50.3 Å². The molecule has 1 amide bonds. The lowest BCUT2D eigenvalue weighted by atomic mass is 9.87. The van der Waals surface area contributed by atoms with Crippen molar-refractivity contribution >= 4 is 5.91 Å². The van der Waals surface area contributed by atoms with Crippen LogP contribution in [0.15, 0.2) is 36.9 Å². The van der Waals surface area contributed by atoms with Gasteiger partial charge in [-0.3, -0.25) is 4.79 Å². The van der Waals surface area contributed by atoms with E-state index in [1.165, 1.54) is 12.8 Å². The van der Waals surface area contributed by atoms with E-state index in [0.29, 0.717) is 31.0 Å². The van der Waals surface area contributed by atoms with E-state index in [2.05, 4.69) is 11.9 Å². The maximum Gasteiger partial charge on any atom is 0.257 e. The fourth-order valence-corrected chi connectivity index (χ4v) is 3.30. The highest BCUT2D eigenvalue weighted by Crippen LogP contribution is 2.31. The number of rotatable bonds is 8. The summed E-state index contributed by atoms with van der Waals surface area (Å²) in [7, 11) is 0. The van der Waals surface area contributed by atoms with E-state index >= 15 is 0 Å². The zero-order valence-corrected chi connectivity index (χ0v) is 14.7. The van der Waals surface area contributed by atoms with E-state index in [-0.39, 0.29) is 18.1 Å². The summed E-state index contributed by atoms with van der Waals surface area (Å²) in [6.07, 6.45) is 5.81. The number of likely N-dealkylation sites (tertiary alicyclic amines) is 1. The predicted octanol–water partition coefficient (Wildman–Crippen LogP) is 2.22. The van der Waals surface area contributed by atoms with Crippen molar-refractivity contribution in [1.82, 2.24) is 10.2 Å². The highest BCUT2D eigenvalue weighted by atomic mass is 16.5. The van der Waals surface area contributed by atoms with Crippen molar-refractivity contribution in [3.05, 3.63) is 42.5 Å². The summed E-state index contributed by atoms with van der Waals surface area (Å²) >= 11 is 0. The molecule has 1 aliphatic heterocycles. The summed E-state index contributed by atoms with van der Waals surface area (Å²) in [5.74, 6) is 1.36. The molecule has 5 nitrogen and oxygen atoms in total. The van der Waals surface area contributed by atoms with Gasteiger partial charge in [0.05, 0.1) is 12.2 Å². The Morgan fingerprint density at radius 1 is 1.36 bits per heavy atom. The molecule has 2 aliphatic rings. The second kappa shape index (κ2) is 8.02. The highest BCUT2D eigenvalue weighted by molar-refractivity contribution is 5.97. The zero-order chi connectivity index (χ0) is 17.7. The molecule has 2 N–H and O–H groups in total. The number of hydrogen-bond acceptors (Lipinski definition) is 4. The van der Waals surface area contributed by atoms with Crippen LogP contribution in [0.3, 0.4) is 0 Å². The molecule has 1 aromatic carbocycles. The van der Waals surface area contributed by atoms with Crippen molar-refractivity contribution in [2.45, 2.75) is 31.2 Å². The van der Waals surface area contributed by atoms with Crippen molar-refractivity contribution in [1.29, 1.82) is 0 Å². The van der Waals surface area contributed by atoms with E-state index in [0.717, 1.165) is 25.3 Å². The second-order valence-corrected chi connectivity index (χ2v) is 7.15. The lowest BCUT2D eigenvalue weighted by Crippen LogP contribution is -2.57. The van der Waals surface area contributed by atoms with Gasteiger partial charge in [0.15, 0.2) is 0 Å². The number of para-hydroxylation sites is 1. The van der Waals surface area contributed by atoms with Crippen LogP contribution in [0.5, 0.6) is 5.75 Å².